The van der Waals surface area contributed by atoms with Crippen LogP contribution in [0.4, 0.5) is 0 Å². The quantitative estimate of drug-likeness (QED) is 0.357. The Kier molecular flexibility index (Phi) is 5.59. The van der Waals surface area contributed by atoms with Gasteiger partial charge in [-0.15, -0.1) is 21.5 Å². The molecule has 5 aromatic rings. The number of thiophene rings is 1. The van der Waals surface area contributed by atoms with E-state index in [0.717, 1.165) is 27.7 Å². The fourth-order valence-electron chi connectivity index (χ4n) is 3.56. The first-order valence-corrected chi connectivity index (χ1v) is 12.0. The molecular formula is C23H20N6OS2. The average molecular weight is 461 g/mol. The van der Waals surface area contributed by atoms with E-state index in [0.29, 0.717) is 22.2 Å². The van der Waals surface area contributed by atoms with Gasteiger partial charge < -0.3 is 4.98 Å². The predicted molar refractivity (Wildman–Crippen MR) is 128 cm³/mol. The average Bonchev–Trinajstić information content (AvgIpc) is 3.45. The third-order valence-corrected chi connectivity index (χ3v) is 6.90. The summed E-state index contributed by atoms with van der Waals surface area (Å²) in [6.45, 7) is 4.34. The Balaban J connectivity index is 1.58. The van der Waals surface area contributed by atoms with Crippen molar-refractivity contribution < 1.29 is 0 Å². The number of H-pyrrole nitrogens is 1. The Hall–Kier alpha value is -3.30. The molecule has 0 radical (unpaired) electrons. The van der Waals surface area contributed by atoms with Gasteiger partial charge >= 0.3 is 0 Å². The maximum atomic E-state index is 12.3. The monoisotopic (exact) mass is 460 g/mol. The van der Waals surface area contributed by atoms with Gasteiger partial charge in [0.1, 0.15) is 10.5 Å². The molecule has 0 amide bonds. The van der Waals surface area contributed by atoms with Gasteiger partial charge in [-0.05, 0) is 41.1 Å². The number of fused-ring (bicyclic) bond motifs is 1. The van der Waals surface area contributed by atoms with Gasteiger partial charge in [-0.3, -0.25) is 14.3 Å². The van der Waals surface area contributed by atoms with E-state index in [2.05, 4.69) is 55.7 Å². The number of nitrogens with one attached hydrogen (secondary N) is 1. The summed E-state index contributed by atoms with van der Waals surface area (Å²) >= 11 is 2.89. The highest BCUT2D eigenvalue weighted by atomic mass is 32.2. The van der Waals surface area contributed by atoms with E-state index >= 15 is 0 Å². The zero-order chi connectivity index (χ0) is 22.1. The van der Waals surface area contributed by atoms with Crippen molar-refractivity contribution in [1.29, 1.82) is 0 Å². The maximum Gasteiger partial charge on any atom is 0.268 e. The summed E-state index contributed by atoms with van der Waals surface area (Å²) in [4.78, 5) is 24.1. The minimum Gasteiger partial charge on any atom is -0.309 e. The van der Waals surface area contributed by atoms with Crippen LogP contribution >= 0.6 is 23.1 Å². The molecule has 160 valence electrons. The van der Waals surface area contributed by atoms with Crippen molar-refractivity contribution in [2.75, 3.05) is 0 Å². The first-order valence-electron chi connectivity index (χ1n) is 10.2. The lowest BCUT2D eigenvalue weighted by molar-refractivity contribution is 0.818. The van der Waals surface area contributed by atoms with Crippen molar-refractivity contribution in [2.45, 2.75) is 30.7 Å². The number of hydrogen-bond donors (Lipinski definition) is 1. The van der Waals surface area contributed by atoms with Crippen molar-refractivity contribution in [1.82, 2.24) is 29.7 Å². The van der Waals surface area contributed by atoms with Crippen LogP contribution in [0, 0.1) is 0 Å². The van der Waals surface area contributed by atoms with Crippen LogP contribution in [0.15, 0.2) is 70.2 Å². The van der Waals surface area contributed by atoms with Gasteiger partial charge in [-0.25, -0.2) is 4.98 Å². The zero-order valence-corrected chi connectivity index (χ0v) is 19.2. The van der Waals surface area contributed by atoms with Gasteiger partial charge in [0.05, 0.1) is 17.0 Å². The van der Waals surface area contributed by atoms with Crippen LogP contribution in [0.1, 0.15) is 31.2 Å². The van der Waals surface area contributed by atoms with Crippen molar-refractivity contribution >= 4 is 33.3 Å². The summed E-state index contributed by atoms with van der Waals surface area (Å²) in [5.41, 5.74) is 3.73. The lowest BCUT2D eigenvalue weighted by Gasteiger charge is -2.16. The fraction of sp³-hybridized carbons (Fsp3) is 0.174. The summed E-state index contributed by atoms with van der Waals surface area (Å²) in [6.07, 6.45) is 3.53. The van der Waals surface area contributed by atoms with Gasteiger partial charge in [-0.2, -0.15) is 0 Å². The van der Waals surface area contributed by atoms with Gasteiger partial charge in [0, 0.05) is 18.0 Å². The van der Waals surface area contributed by atoms with E-state index in [1.165, 1.54) is 28.7 Å². The molecule has 1 aromatic carbocycles. The standard InChI is InChI=1S/C23H20N6OS2/c1-14(2)16-7-3-4-8-18(16)29-21(15-6-5-10-24-12-15)27-28-23(29)32-13-19-25-17-9-11-31-20(17)22(30)26-19/h3-12,14H,13H2,1-2H3,(H,25,26,30). The summed E-state index contributed by atoms with van der Waals surface area (Å²) in [7, 11) is 0. The largest absolute Gasteiger partial charge is 0.309 e. The molecule has 0 spiro atoms. The first-order chi connectivity index (χ1) is 15.6. The zero-order valence-electron chi connectivity index (χ0n) is 17.5. The lowest BCUT2D eigenvalue weighted by Crippen LogP contribution is -2.10. The minimum atomic E-state index is -0.108. The molecule has 7 nitrogen and oxygen atoms in total. The van der Waals surface area contributed by atoms with E-state index in [1.54, 1.807) is 12.4 Å². The number of aromatic nitrogens is 6. The molecule has 0 fully saturated rings. The lowest BCUT2D eigenvalue weighted by atomic mass is 10.0. The van der Waals surface area contributed by atoms with Crippen LogP contribution in [-0.2, 0) is 5.75 Å². The molecule has 0 bridgehead atoms. The Morgan fingerprint density at radius 1 is 1.12 bits per heavy atom. The molecule has 4 heterocycles. The van der Waals surface area contributed by atoms with Gasteiger partial charge in [0.25, 0.3) is 5.56 Å². The predicted octanol–water partition coefficient (Wildman–Crippen LogP) is 5.04. The minimum absolute atomic E-state index is 0.108. The first kappa shape index (κ1) is 20.6. The molecule has 1 N–H and O–H groups in total. The SMILES string of the molecule is CC(C)c1ccccc1-n1c(SCc2nc3ccsc3c(=O)[nH]2)nnc1-c1cccnc1. The molecule has 32 heavy (non-hydrogen) atoms. The second-order valence-electron chi connectivity index (χ2n) is 7.53. The highest BCUT2D eigenvalue weighted by molar-refractivity contribution is 7.98. The topological polar surface area (TPSA) is 89.4 Å². The van der Waals surface area contributed by atoms with Crippen LogP contribution < -0.4 is 5.56 Å². The van der Waals surface area contributed by atoms with Crippen LogP contribution in [0.5, 0.6) is 0 Å². The van der Waals surface area contributed by atoms with Gasteiger partial charge in [0.2, 0.25) is 0 Å². The summed E-state index contributed by atoms with van der Waals surface area (Å²) in [5, 5.41) is 11.6. The number of nitrogens with zero attached hydrogens (tertiary/aromatic N) is 5. The fourth-order valence-corrected chi connectivity index (χ4v) is 5.11. The smallest absolute Gasteiger partial charge is 0.268 e. The second kappa shape index (κ2) is 8.68. The molecule has 9 heteroatoms. The molecule has 0 saturated heterocycles. The second-order valence-corrected chi connectivity index (χ2v) is 9.39. The number of para-hydroxylation sites is 1. The molecule has 0 saturated carbocycles. The Morgan fingerprint density at radius 3 is 2.81 bits per heavy atom. The van der Waals surface area contributed by atoms with Crippen molar-refractivity contribution in [3.05, 3.63) is 82.0 Å². The van der Waals surface area contributed by atoms with Gasteiger partial charge in [-0.1, -0.05) is 43.8 Å². The highest BCUT2D eigenvalue weighted by Gasteiger charge is 2.20. The molecule has 0 aliphatic rings. The van der Waals surface area contributed by atoms with E-state index in [1.807, 2.05) is 35.7 Å². The molecule has 5 rings (SSSR count). The molecule has 4 aromatic heterocycles. The third kappa shape index (κ3) is 3.85. The summed E-state index contributed by atoms with van der Waals surface area (Å²) in [6, 6.07) is 14.0. The third-order valence-electron chi connectivity index (χ3n) is 5.05. The molecule has 0 unspecified atom stereocenters. The number of aromatic amines is 1. The van der Waals surface area contributed by atoms with Crippen molar-refractivity contribution in [3.8, 4) is 17.1 Å². The highest BCUT2D eigenvalue weighted by Crippen LogP contribution is 2.32. The Morgan fingerprint density at radius 2 is 2.00 bits per heavy atom. The van der Waals surface area contributed by atoms with E-state index in [4.69, 9.17) is 0 Å². The normalized spacial score (nSPS) is 11.5. The van der Waals surface area contributed by atoms with E-state index in [9.17, 15) is 4.79 Å². The molecule has 0 aliphatic heterocycles. The van der Waals surface area contributed by atoms with Gasteiger partial charge in [0.15, 0.2) is 11.0 Å². The summed E-state index contributed by atoms with van der Waals surface area (Å²) in [5.74, 6) is 2.13. The van der Waals surface area contributed by atoms with Crippen LogP contribution in [0.3, 0.4) is 0 Å². The maximum absolute atomic E-state index is 12.3. The molecular weight excluding hydrogens is 440 g/mol. The summed E-state index contributed by atoms with van der Waals surface area (Å²) < 4.78 is 2.71. The number of hydrogen-bond acceptors (Lipinski definition) is 7. The molecule has 0 atom stereocenters. The van der Waals surface area contributed by atoms with E-state index < -0.39 is 0 Å². The Labute approximate surface area is 192 Å². The Bertz CT molecular complexity index is 1440. The van der Waals surface area contributed by atoms with E-state index in [-0.39, 0.29) is 5.56 Å². The van der Waals surface area contributed by atoms with Crippen LogP contribution in [0.25, 0.3) is 27.3 Å². The van der Waals surface area contributed by atoms with Crippen LogP contribution in [-0.4, -0.2) is 29.7 Å². The van der Waals surface area contributed by atoms with Crippen molar-refractivity contribution in [2.24, 2.45) is 0 Å². The van der Waals surface area contributed by atoms with Crippen LogP contribution in [0.2, 0.25) is 0 Å². The molecule has 0 aliphatic carbocycles. The number of pyridine rings is 1. The van der Waals surface area contributed by atoms with Crippen molar-refractivity contribution in [3.63, 3.8) is 0 Å². The number of rotatable bonds is 6. The number of thioether (sulfide) groups is 1. The number of benzene rings is 1.